The molecule has 0 radical (unpaired) electrons. The summed E-state index contributed by atoms with van der Waals surface area (Å²) < 4.78 is 10.6. The Morgan fingerprint density at radius 2 is 2.22 bits per heavy atom. The van der Waals surface area contributed by atoms with Gasteiger partial charge in [-0.2, -0.15) is 0 Å². The minimum Gasteiger partial charge on any atom is -0.484 e. The van der Waals surface area contributed by atoms with Crippen LogP contribution in [0.5, 0.6) is 5.75 Å². The Bertz CT molecular complexity index is 411. The van der Waals surface area contributed by atoms with Gasteiger partial charge in [0.2, 0.25) is 0 Å². The number of hydrogen-bond donors (Lipinski definition) is 2. The summed E-state index contributed by atoms with van der Waals surface area (Å²) in [4.78, 5) is 11.7. The van der Waals surface area contributed by atoms with E-state index in [-0.39, 0.29) is 18.1 Å². The van der Waals surface area contributed by atoms with Crippen molar-refractivity contribution in [2.45, 2.75) is 18.9 Å². The first kappa shape index (κ1) is 12.7. The molecule has 18 heavy (non-hydrogen) atoms. The van der Waals surface area contributed by atoms with Crippen molar-refractivity contribution in [1.29, 1.82) is 0 Å². The van der Waals surface area contributed by atoms with E-state index in [9.17, 15) is 4.79 Å². The monoisotopic (exact) mass is 250 g/mol. The molecule has 0 aromatic heterocycles. The maximum absolute atomic E-state index is 11.7. The molecule has 98 valence electrons. The fourth-order valence-electron chi connectivity index (χ4n) is 1.85. The van der Waals surface area contributed by atoms with Gasteiger partial charge in [-0.1, -0.05) is 0 Å². The summed E-state index contributed by atoms with van der Waals surface area (Å²) in [7, 11) is 0. The fraction of sp³-hybridized carbons (Fsp3) is 0.462. The second-order valence-electron chi connectivity index (χ2n) is 4.77. The van der Waals surface area contributed by atoms with Crippen LogP contribution < -0.4 is 15.8 Å². The van der Waals surface area contributed by atoms with Crippen LogP contribution in [0, 0.1) is 0 Å². The van der Waals surface area contributed by atoms with Crippen molar-refractivity contribution in [3.8, 4) is 5.75 Å². The molecule has 5 nitrogen and oxygen atoms in total. The van der Waals surface area contributed by atoms with Gasteiger partial charge in [-0.3, -0.25) is 4.79 Å². The van der Waals surface area contributed by atoms with Crippen LogP contribution in [0.15, 0.2) is 24.3 Å². The number of carbonyl (C=O) groups excluding carboxylic acids is 1. The number of ether oxygens (including phenoxy) is 2. The Hall–Kier alpha value is -1.75. The van der Waals surface area contributed by atoms with Crippen molar-refractivity contribution in [2.24, 2.45) is 0 Å². The zero-order valence-corrected chi connectivity index (χ0v) is 10.4. The normalized spacial score (nSPS) is 22.7. The third kappa shape index (κ3) is 3.37. The standard InChI is InChI=1S/C13H18N2O3/c1-13(6-7-17-9-13)15-12(16)8-18-11-4-2-10(14)3-5-11/h2-5H,6-9,14H2,1H3,(H,15,16). The summed E-state index contributed by atoms with van der Waals surface area (Å²) >= 11 is 0. The van der Waals surface area contributed by atoms with E-state index in [1.807, 2.05) is 6.92 Å². The van der Waals surface area contributed by atoms with E-state index in [4.69, 9.17) is 15.2 Å². The van der Waals surface area contributed by atoms with Gasteiger partial charge in [0, 0.05) is 12.3 Å². The highest BCUT2D eigenvalue weighted by Gasteiger charge is 2.31. The van der Waals surface area contributed by atoms with Crippen LogP contribution in [0.1, 0.15) is 13.3 Å². The molecule has 3 N–H and O–H groups in total. The molecule has 1 saturated heterocycles. The smallest absolute Gasteiger partial charge is 0.258 e. The summed E-state index contributed by atoms with van der Waals surface area (Å²) in [6.07, 6.45) is 0.834. The van der Waals surface area contributed by atoms with Gasteiger partial charge in [0.05, 0.1) is 12.1 Å². The van der Waals surface area contributed by atoms with Crippen LogP contribution in [-0.2, 0) is 9.53 Å². The maximum Gasteiger partial charge on any atom is 0.258 e. The lowest BCUT2D eigenvalue weighted by Gasteiger charge is -2.23. The van der Waals surface area contributed by atoms with Crippen LogP contribution in [0.2, 0.25) is 0 Å². The first-order valence-electron chi connectivity index (χ1n) is 5.94. The molecule has 1 aromatic rings. The van der Waals surface area contributed by atoms with Gasteiger partial charge in [0.25, 0.3) is 5.91 Å². The van der Waals surface area contributed by atoms with Crippen LogP contribution in [0.25, 0.3) is 0 Å². The van der Waals surface area contributed by atoms with Crippen molar-refractivity contribution in [1.82, 2.24) is 5.32 Å². The first-order chi connectivity index (χ1) is 8.57. The van der Waals surface area contributed by atoms with E-state index in [0.717, 1.165) is 6.42 Å². The Balaban J connectivity index is 1.79. The molecule has 1 unspecified atom stereocenters. The summed E-state index contributed by atoms with van der Waals surface area (Å²) in [5.74, 6) is 0.493. The highest BCUT2D eigenvalue weighted by Crippen LogP contribution is 2.17. The van der Waals surface area contributed by atoms with Crippen LogP contribution >= 0.6 is 0 Å². The molecular weight excluding hydrogens is 232 g/mol. The van der Waals surface area contributed by atoms with Gasteiger partial charge in [-0.15, -0.1) is 0 Å². The highest BCUT2D eigenvalue weighted by atomic mass is 16.5. The van der Waals surface area contributed by atoms with Crippen molar-refractivity contribution in [2.75, 3.05) is 25.6 Å². The van der Waals surface area contributed by atoms with Gasteiger partial charge in [-0.25, -0.2) is 0 Å². The molecule has 1 fully saturated rings. The van der Waals surface area contributed by atoms with E-state index < -0.39 is 0 Å². The number of nitrogens with one attached hydrogen (secondary N) is 1. The highest BCUT2D eigenvalue weighted by molar-refractivity contribution is 5.78. The van der Waals surface area contributed by atoms with Crippen LogP contribution in [0.4, 0.5) is 5.69 Å². The molecule has 1 heterocycles. The Labute approximate surface area is 106 Å². The van der Waals surface area contributed by atoms with E-state index >= 15 is 0 Å². The number of rotatable bonds is 4. The fourth-order valence-corrected chi connectivity index (χ4v) is 1.85. The quantitative estimate of drug-likeness (QED) is 0.780. The van der Waals surface area contributed by atoms with E-state index in [0.29, 0.717) is 24.7 Å². The van der Waals surface area contributed by atoms with Crippen molar-refractivity contribution in [3.63, 3.8) is 0 Å². The second-order valence-corrected chi connectivity index (χ2v) is 4.77. The summed E-state index contributed by atoms with van der Waals surface area (Å²) in [5, 5.41) is 2.92. The van der Waals surface area contributed by atoms with Gasteiger partial charge >= 0.3 is 0 Å². The van der Waals surface area contributed by atoms with Gasteiger partial charge in [0.1, 0.15) is 5.75 Å². The minimum absolute atomic E-state index is 0.000488. The molecule has 1 aliphatic rings. The number of anilines is 1. The average Bonchev–Trinajstić information content (AvgIpc) is 2.75. The van der Waals surface area contributed by atoms with Crippen LogP contribution in [0.3, 0.4) is 0 Å². The average molecular weight is 250 g/mol. The predicted molar refractivity (Wildman–Crippen MR) is 68.3 cm³/mol. The Morgan fingerprint density at radius 1 is 1.50 bits per heavy atom. The van der Waals surface area contributed by atoms with Crippen molar-refractivity contribution < 1.29 is 14.3 Å². The van der Waals surface area contributed by atoms with Gasteiger partial charge < -0.3 is 20.5 Å². The largest absolute Gasteiger partial charge is 0.484 e. The third-order valence-corrected chi connectivity index (χ3v) is 2.91. The van der Waals surface area contributed by atoms with Gasteiger partial charge in [-0.05, 0) is 37.6 Å². The number of amides is 1. The van der Waals surface area contributed by atoms with Crippen LogP contribution in [-0.4, -0.2) is 31.3 Å². The SMILES string of the molecule is CC1(NC(=O)COc2ccc(N)cc2)CCOC1. The van der Waals surface area contributed by atoms with Crippen molar-refractivity contribution in [3.05, 3.63) is 24.3 Å². The minimum atomic E-state index is -0.262. The molecule has 1 aliphatic heterocycles. The number of benzene rings is 1. The Morgan fingerprint density at radius 3 is 2.83 bits per heavy atom. The van der Waals surface area contributed by atoms with E-state index in [1.54, 1.807) is 24.3 Å². The molecule has 1 atom stereocenters. The summed E-state index contributed by atoms with van der Waals surface area (Å²) in [5.41, 5.74) is 5.97. The topological polar surface area (TPSA) is 73.6 Å². The maximum atomic E-state index is 11.7. The molecular formula is C13H18N2O3. The molecule has 0 aliphatic carbocycles. The third-order valence-electron chi connectivity index (χ3n) is 2.91. The lowest BCUT2D eigenvalue weighted by Crippen LogP contribution is -2.48. The molecule has 5 heteroatoms. The Kier molecular flexibility index (Phi) is 3.72. The molecule has 0 bridgehead atoms. The second kappa shape index (κ2) is 5.27. The number of hydrogen-bond acceptors (Lipinski definition) is 4. The zero-order valence-electron chi connectivity index (χ0n) is 10.4. The van der Waals surface area contributed by atoms with Gasteiger partial charge in [0.15, 0.2) is 6.61 Å². The first-order valence-corrected chi connectivity index (χ1v) is 5.94. The molecule has 1 aromatic carbocycles. The summed E-state index contributed by atoms with van der Waals surface area (Å²) in [6, 6.07) is 6.95. The number of nitrogens with two attached hydrogens (primary N) is 1. The van der Waals surface area contributed by atoms with E-state index in [1.165, 1.54) is 0 Å². The molecule has 0 spiro atoms. The molecule has 2 rings (SSSR count). The lowest BCUT2D eigenvalue weighted by molar-refractivity contribution is -0.124. The zero-order chi connectivity index (χ0) is 13.0. The van der Waals surface area contributed by atoms with E-state index in [2.05, 4.69) is 5.32 Å². The lowest BCUT2D eigenvalue weighted by atomic mass is 10.0. The summed E-state index contributed by atoms with van der Waals surface area (Å²) in [6.45, 7) is 3.22. The number of carbonyl (C=O) groups is 1. The predicted octanol–water partition coefficient (Wildman–Crippen LogP) is 0.943. The molecule has 0 saturated carbocycles. The van der Waals surface area contributed by atoms with Crippen molar-refractivity contribution >= 4 is 11.6 Å². The number of nitrogen functional groups attached to an aromatic ring is 1. The molecule has 1 amide bonds.